The Morgan fingerprint density at radius 1 is 1.26 bits per heavy atom. The highest BCUT2D eigenvalue weighted by Crippen LogP contribution is 2.31. The molecule has 1 aromatic rings. The van der Waals surface area contributed by atoms with Crippen molar-refractivity contribution in [1.82, 2.24) is 5.32 Å². The zero-order valence-electron chi connectivity index (χ0n) is 11.3. The highest BCUT2D eigenvalue weighted by molar-refractivity contribution is 8.14. The largest absolute Gasteiger partial charge is 0.381 e. The Bertz CT molecular complexity index is 464. The van der Waals surface area contributed by atoms with E-state index in [4.69, 9.17) is 9.73 Å². The summed E-state index contributed by atoms with van der Waals surface area (Å²) < 4.78 is 5.44. The number of nitrogens with zero attached hydrogens (tertiary/aromatic N) is 1. The van der Waals surface area contributed by atoms with E-state index in [9.17, 15) is 0 Å². The first-order valence-electron chi connectivity index (χ1n) is 6.85. The molecule has 2 fully saturated rings. The molecule has 3 rings (SSSR count). The molecule has 2 aliphatic heterocycles. The summed E-state index contributed by atoms with van der Waals surface area (Å²) in [6, 6.07) is 8.60. The standard InChI is InChI=1S/C15H20N2OS/c1-12-2-4-13(5-3-12)10-16-14-17-15(11-19-14)6-8-18-9-7-15/h2-5H,6-11H2,1H3,(H,16,17). The van der Waals surface area contributed by atoms with Gasteiger partial charge < -0.3 is 10.1 Å². The van der Waals surface area contributed by atoms with Crippen LogP contribution in [0.1, 0.15) is 24.0 Å². The molecule has 4 heteroatoms. The molecule has 0 aromatic heterocycles. The van der Waals surface area contributed by atoms with E-state index in [2.05, 4.69) is 36.5 Å². The Kier molecular flexibility index (Phi) is 3.80. The summed E-state index contributed by atoms with van der Waals surface area (Å²) in [5, 5.41) is 4.72. The number of benzene rings is 1. The van der Waals surface area contributed by atoms with Gasteiger partial charge in [0.2, 0.25) is 0 Å². The molecule has 2 saturated heterocycles. The molecule has 1 aromatic carbocycles. The van der Waals surface area contributed by atoms with Crippen molar-refractivity contribution in [2.75, 3.05) is 19.0 Å². The van der Waals surface area contributed by atoms with Crippen molar-refractivity contribution >= 4 is 16.9 Å². The second-order valence-electron chi connectivity index (χ2n) is 5.41. The zero-order chi connectivity index (χ0) is 13.1. The van der Waals surface area contributed by atoms with Crippen molar-refractivity contribution in [3.05, 3.63) is 35.4 Å². The minimum Gasteiger partial charge on any atom is -0.381 e. The molecule has 1 N–H and O–H groups in total. The summed E-state index contributed by atoms with van der Waals surface area (Å²) in [5.41, 5.74) is 2.81. The molecule has 3 nitrogen and oxygen atoms in total. The second-order valence-corrected chi connectivity index (χ2v) is 6.38. The fraction of sp³-hybridized carbons (Fsp3) is 0.533. The summed E-state index contributed by atoms with van der Waals surface area (Å²) in [6.45, 7) is 4.62. The minimum atomic E-state index is 0.245. The van der Waals surface area contributed by atoms with Gasteiger partial charge in [-0.3, -0.25) is 4.99 Å². The number of rotatable bonds is 2. The van der Waals surface area contributed by atoms with Crippen LogP contribution < -0.4 is 5.32 Å². The maximum atomic E-state index is 5.44. The van der Waals surface area contributed by atoms with Gasteiger partial charge in [0.05, 0.1) is 12.1 Å². The molecule has 0 aliphatic carbocycles. The SMILES string of the molecule is Cc1ccc(CN=C2NC3(CCOCC3)CS2)cc1. The molecule has 2 aliphatic rings. The highest BCUT2D eigenvalue weighted by atomic mass is 32.2. The number of nitrogens with one attached hydrogen (secondary N) is 1. The first-order chi connectivity index (χ1) is 9.26. The van der Waals surface area contributed by atoms with Crippen molar-refractivity contribution in [1.29, 1.82) is 0 Å². The van der Waals surface area contributed by atoms with Crippen molar-refractivity contribution in [2.24, 2.45) is 4.99 Å². The fourth-order valence-corrected chi connectivity index (χ4v) is 3.70. The topological polar surface area (TPSA) is 33.6 Å². The third kappa shape index (κ3) is 3.12. The first kappa shape index (κ1) is 13.0. The fourth-order valence-electron chi connectivity index (χ4n) is 2.48. The Balaban J connectivity index is 1.61. The number of hydrogen-bond donors (Lipinski definition) is 1. The second kappa shape index (κ2) is 5.55. The van der Waals surface area contributed by atoms with Gasteiger partial charge in [-0.25, -0.2) is 0 Å². The van der Waals surface area contributed by atoms with Crippen LogP contribution in [0.25, 0.3) is 0 Å². The van der Waals surface area contributed by atoms with Crippen molar-refractivity contribution in [3.63, 3.8) is 0 Å². The van der Waals surface area contributed by atoms with Crippen LogP contribution in [0.4, 0.5) is 0 Å². The number of ether oxygens (including phenoxy) is 1. The maximum Gasteiger partial charge on any atom is 0.157 e. The van der Waals surface area contributed by atoms with Crippen LogP contribution in [-0.4, -0.2) is 29.7 Å². The van der Waals surface area contributed by atoms with Gasteiger partial charge >= 0.3 is 0 Å². The van der Waals surface area contributed by atoms with Crippen LogP contribution in [0.15, 0.2) is 29.3 Å². The van der Waals surface area contributed by atoms with Gasteiger partial charge in [-0.2, -0.15) is 0 Å². The van der Waals surface area contributed by atoms with E-state index in [1.165, 1.54) is 11.1 Å². The zero-order valence-corrected chi connectivity index (χ0v) is 12.1. The molecular weight excluding hydrogens is 256 g/mol. The molecule has 0 radical (unpaired) electrons. The third-order valence-electron chi connectivity index (χ3n) is 3.83. The Morgan fingerprint density at radius 2 is 2.00 bits per heavy atom. The van der Waals surface area contributed by atoms with Gasteiger partial charge in [0.15, 0.2) is 5.17 Å². The molecule has 2 heterocycles. The predicted molar refractivity (Wildman–Crippen MR) is 80.7 cm³/mol. The van der Waals surface area contributed by atoms with E-state index in [0.29, 0.717) is 0 Å². The van der Waals surface area contributed by atoms with Crippen LogP contribution in [0.5, 0.6) is 0 Å². The average molecular weight is 276 g/mol. The van der Waals surface area contributed by atoms with Gasteiger partial charge in [-0.05, 0) is 25.3 Å². The number of hydrogen-bond acceptors (Lipinski definition) is 3. The predicted octanol–water partition coefficient (Wildman–Crippen LogP) is 2.74. The summed E-state index contributed by atoms with van der Waals surface area (Å²) in [7, 11) is 0. The quantitative estimate of drug-likeness (QED) is 0.902. The monoisotopic (exact) mass is 276 g/mol. The van der Waals surface area contributed by atoms with Crippen molar-refractivity contribution in [3.8, 4) is 0 Å². The lowest BCUT2D eigenvalue weighted by Crippen LogP contribution is -2.48. The van der Waals surface area contributed by atoms with E-state index in [1.54, 1.807) is 0 Å². The van der Waals surface area contributed by atoms with E-state index >= 15 is 0 Å². The van der Waals surface area contributed by atoms with Gasteiger partial charge in [-0.1, -0.05) is 41.6 Å². The smallest absolute Gasteiger partial charge is 0.157 e. The van der Waals surface area contributed by atoms with Crippen LogP contribution in [0.3, 0.4) is 0 Å². The van der Waals surface area contributed by atoms with Crippen molar-refractivity contribution in [2.45, 2.75) is 31.8 Å². The molecule has 0 amide bonds. The normalized spacial score (nSPS) is 23.7. The number of amidine groups is 1. The van der Waals surface area contributed by atoms with Crippen LogP contribution in [0, 0.1) is 6.92 Å². The van der Waals surface area contributed by atoms with Crippen LogP contribution in [0.2, 0.25) is 0 Å². The maximum absolute atomic E-state index is 5.44. The average Bonchev–Trinajstić information content (AvgIpc) is 2.82. The van der Waals surface area contributed by atoms with Gasteiger partial charge in [0.25, 0.3) is 0 Å². The summed E-state index contributed by atoms with van der Waals surface area (Å²) >= 11 is 1.85. The summed E-state index contributed by atoms with van der Waals surface area (Å²) in [4.78, 5) is 4.70. The highest BCUT2D eigenvalue weighted by Gasteiger charge is 2.38. The number of thioether (sulfide) groups is 1. The van der Waals surface area contributed by atoms with Gasteiger partial charge in [0, 0.05) is 19.0 Å². The molecule has 19 heavy (non-hydrogen) atoms. The first-order valence-corrected chi connectivity index (χ1v) is 7.83. The molecule has 0 saturated carbocycles. The molecule has 0 unspecified atom stereocenters. The Morgan fingerprint density at radius 3 is 2.74 bits per heavy atom. The lowest BCUT2D eigenvalue weighted by atomic mass is 9.93. The third-order valence-corrected chi connectivity index (χ3v) is 5.03. The number of aliphatic imine (C=N–C) groups is 1. The molecular formula is C15H20N2OS. The summed E-state index contributed by atoms with van der Waals surface area (Å²) in [6.07, 6.45) is 2.20. The molecule has 1 spiro atoms. The molecule has 0 bridgehead atoms. The van der Waals surface area contributed by atoms with E-state index in [0.717, 1.165) is 43.5 Å². The van der Waals surface area contributed by atoms with E-state index in [-0.39, 0.29) is 5.54 Å². The summed E-state index contributed by atoms with van der Waals surface area (Å²) in [5.74, 6) is 1.13. The lowest BCUT2D eigenvalue weighted by Gasteiger charge is -2.32. The lowest BCUT2D eigenvalue weighted by molar-refractivity contribution is 0.0555. The van der Waals surface area contributed by atoms with Gasteiger partial charge in [0.1, 0.15) is 0 Å². The Hall–Kier alpha value is -1.00. The van der Waals surface area contributed by atoms with E-state index in [1.807, 2.05) is 11.8 Å². The number of aryl methyl sites for hydroxylation is 1. The van der Waals surface area contributed by atoms with Gasteiger partial charge in [-0.15, -0.1) is 0 Å². The van der Waals surface area contributed by atoms with Crippen LogP contribution in [-0.2, 0) is 11.3 Å². The molecule has 0 atom stereocenters. The van der Waals surface area contributed by atoms with Crippen LogP contribution >= 0.6 is 11.8 Å². The Labute approximate surface area is 118 Å². The van der Waals surface area contributed by atoms with E-state index < -0.39 is 0 Å². The minimum absolute atomic E-state index is 0.245. The van der Waals surface area contributed by atoms with Crippen molar-refractivity contribution < 1.29 is 4.74 Å². The molecule has 102 valence electrons.